The second-order valence-electron chi connectivity index (χ2n) is 7.03. The number of imidazole rings is 1. The number of aromatic nitrogens is 5. The van der Waals surface area contributed by atoms with E-state index in [2.05, 4.69) is 37.1 Å². The molecule has 12 nitrogen and oxygen atoms in total. The fraction of sp³-hybridized carbons (Fsp3) is 0.273. The average Bonchev–Trinajstić information content (AvgIpc) is 3.38. The summed E-state index contributed by atoms with van der Waals surface area (Å²) in [5.41, 5.74) is 9.29. The molecule has 0 saturated heterocycles. The third-order valence-electron chi connectivity index (χ3n) is 5.36. The van der Waals surface area contributed by atoms with Crippen LogP contribution in [0.3, 0.4) is 0 Å². The number of hydrogen-bond donors (Lipinski definition) is 2. The van der Waals surface area contributed by atoms with Gasteiger partial charge in [0.25, 0.3) is 5.82 Å². The van der Waals surface area contributed by atoms with Crippen LogP contribution in [0.25, 0.3) is 22.2 Å². The summed E-state index contributed by atoms with van der Waals surface area (Å²) in [5.74, 6) is 2.00. The number of benzene rings is 1. The first-order valence-corrected chi connectivity index (χ1v) is 10.4. The molecule has 12 heteroatoms. The summed E-state index contributed by atoms with van der Waals surface area (Å²) in [6.45, 7) is 5.26. The number of carbonyl (C=O) groups is 2. The molecule has 0 aliphatic rings. The lowest BCUT2D eigenvalue weighted by molar-refractivity contribution is -0.676. The van der Waals surface area contributed by atoms with Crippen LogP contribution >= 0.6 is 0 Å². The zero-order valence-electron chi connectivity index (χ0n) is 19.0. The van der Waals surface area contributed by atoms with Gasteiger partial charge in [0.1, 0.15) is 23.9 Å². The Morgan fingerprint density at radius 2 is 2.09 bits per heavy atom. The number of H-pyrrole nitrogens is 1. The van der Waals surface area contributed by atoms with Crippen molar-refractivity contribution in [1.29, 1.82) is 5.26 Å². The predicted molar refractivity (Wildman–Crippen MR) is 121 cm³/mol. The molecule has 4 aromatic rings. The molecule has 0 aliphatic carbocycles. The number of nitrogens with one attached hydrogen (secondary N) is 1. The number of nitrogen functional groups attached to an aromatic ring is 1. The third kappa shape index (κ3) is 4.18. The molecule has 34 heavy (non-hydrogen) atoms. The number of aromatic amines is 1. The Kier molecular flexibility index (Phi) is 7.27. The van der Waals surface area contributed by atoms with Crippen LogP contribution in [0.2, 0.25) is 0 Å². The number of hydrogen-bond acceptors (Lipinski definition) is 8. The van der Waals surface area contributed by atoms with Crippen LogP contribution in [0.4, 0.5) is 11.6 Å². The summed E-state index contributed by atoms with van der Waals surface area (Å²) in [7, 11) is 1.64. The van der Waals surface area contributed by atoms with E-state index in [0.717, 1.165) is 22.6 Å². The number of nitrogens with two attached hydrogens (primary N) is 1. The maximum absolute atomic E-state index is 12.1. The molecule has 0 bridgehead atoms. The van der Waals surface area contributed by atoms with Crippen LogP contribution in [0.5, 0.6) is 5.75 Å². The molecule has 0 spiro atoms. The molecule has 1 aromatic carbocycles. The molecule has 3 aromatic heterocycles. The quantitative estimate of drug-likeness (QED) is 0.289. The van der Waals surface area contributed by atoms with E-state index in [1.54, 1.807) is 7.11 Å². The molecule has 4 rings (SSSR count). The number of fused-ring (bicyclic) bond motifs is 2. The van der Waals surface area contributed by atoms with Crippen molar-refractivity contribution in [2.24, 2.45) is 0 Å². The highest BCUT2D eigenvalue weighted by atomic mass is 16.5. The molecular formula is C22H24N8O4. The summed E-state index contributed by atoms with van der Waals surface area (Å²) >= 11 is 0. The zero-order chi connectivity index (χ0) is 24.8. The van der Waals surface area contributed by atoms with E-state index >= 15 is 0 Å². The van der Waals surface area contributed by atoms with Crippen LogP contribution in [0, 0.1) is 11.3 Å². The largest absolute Gasteiger partial charge is 0.554 e. The number of rotatable bonds is 7. The van der Waals surface area contributed by atoms with Gasteiger partial charge in [0, 0.05) is 18.7 Å². The number of carbonyl (C=O) groups excluding carboxylic acids is 2. The molecule has 0 radical (unpaired) electrons. The van der Waals surface area contributed by atoms with Crippen molar-refractivity contribution in [3.8, 4) is 11.8 Å². The van der Waals surface area contributed by atoms with Crippen molar-refractivity contribution in [3.05, 3.63) is 35.8 Å². The van der Waals surface area contributed by atoms with E-state index in [1.807, 2.05) is 25.1 Å². The lowest BCUT2D eigenvalue weighted by Crippen LogP contribution is -2.40. The van der Waals surface area contributed by atoms with Crippen molar-refractivity contribution in [2.75, 3.05) is 17.7 Å². The highest BCUT2D eigenvalue weighted by Gasteiger charge is 2.27. The van der Waals surface area contributed by atoms with Gasteiger partial charge in [-0.2, -0.15) is 5.26 Å². The van der Waals surface area contributed by atoms with E-state index in [-0.39, 0.29) is 18.2 Å². The van der Waals surface area contributed by atoms with E-state index in [0.29, 0.717) is 36.2 Å². The number of nitrogens with zero attached hydrogens (tertiary/aromatic N) is 6. The fourth-order valence-electron chi connectivity index (χ4n) is 3.92. The number of amides is 1. The highest BCUT2D eigenvalue weighted by molar-refractivity contribution is 5.86. The zero-order valence-corrected chi connectivity index (χ0v) is 19.0. The van der Waals surface area contributed by atoms with Gasteiger partial charge in [0.05, 0.1) is 25.8 Å². The number of methoxy groups -OCH3 is 1. The Hall–Kier alpha value is -4.66. The first-order chi connectivity index (χ1) is 16.5. The minimum absolute atomic E-state index is 0.106. The highest BCUT2D eigenvalue weighted by Crippen LogP contribution is 2.26. The normalized spacial score (nSPS) is 10.4. The fourth-order valence-corrected chi connectivity index (χ4v) is 3.92. The Morgan fingerprint density at radius 3 is 2.68 bits per heavy atom. The standard InChI is InChI=1S/C21H23N8O2.CH2O2/c1-4-28-15-7-6-14(31-3)8-16(15)29(5-2)17(28)11-27(12-30)21-19(23)26-20-18(25-21)13(9-22)10-24-20;2-1-3/h6-8,10,12H,4-5,11H2,1-3H3,(H3,23,24,26);1H,(H,2,3)/q+1;/p-1. The summed E-state index contributed by atoms with van der Waals surface area (Å²) in [6.07, 6.45) is 2.20. The van der Waals surface area contributed by atoms with Gasteiger partial charge in [-0.15, -0.1) is 0 Å². The minimum Gasteiger partial charge on any atom is -0.554 e. The molecular weight excluding hydrogens is 440 g/mol. The second-order valence-corrected chi connectivity index (χ2v) is 7.03. The smallest absolute Gasteiger partial charge is 0.277 e. The van der Waals surface area contributed by atoms with Gasteiger partial charge in [0.2, 0.25) is 6.41 Å². The summed E-state index contributed by atoms with van der Waals surface area (Å²) in [6, 6.07) is 7.98. The second kappa shape index (κ2) is 10.3. The molecule has 0 unspecified atom stereocenters. The molecule has 176 valence electrons. The summed E-state index contributed by atoms with van der Waals surface area (Å²) in [4.78, 5) is 33.4. The SMILES string of the molecule is CCn1c(CN(C=O)c2nc3c(C#N)c[nH]c3nc2N)[n+](CC)c2ccc(OC)cc21.O=C[O-]. The number of aryl methyl sites for hydroxylation is 2. The van der Waals surface area contributed by atoms with Crippen molar-refractivity contribution < 1.29 is 24.0 Å². The topological polar surface area (TPSA) is 170 Å². The van der Waals surface area contributed by atoms with Gasteiger partial charge < -0.3 is 25.4 Å². The lowest BCUT2D eigenvalue weighted by atomic mass is 10.3. The van der Waals surface area contributed by atoms with Crippen LogP contribution in [-0.2, 0) is 29.2 Å². The van der Waals surface area contributed by atoms with E-state index in [9.17, 15) is 10.1 Å². The van der Waals surface area contributed by atoms with Crippen LogP contribution in [0.1, 0.15) is 25.2 Å². The van der Waals surface area contributed by atoms with Gasteiger partial charge in [-0.05, 0) is 26.0 Å². The number of ether oxygens (including phenoxy) is 1. The monoisotopic (exact) mass is 464 g/mol. The van der Waals surface area contributed by atoms with Crippen molar-refractivity contribution >= 4 is 46.7 Å². The maximum atomic E-state index is 12.1. The number of anilines is 2. The maximum Gasteiger partial charge on any atom is 0.277 e. The van der Waals surface area contributed by atoms with Crippen LogP contribution in [-0.4, -0.2) is 39.5 Å². The van der Waals surface area contributed by atoms with Gasteiger partial charge in [0.15, 0.2) is 28.3 Å². The van der Waals surface area contributed by atoms with Gasteiger partial charge in [-0.3, -0.25) is 9.69 Å². The summed E-state index contributed by atoms with van der Waals surface area (Å²) in [5, 5.41) is 17.6. The predicted octanol–water partition coefficient (Wildman–Crippen LogP) is 0.231. The molecule has 1 amide bonds. The first-order valence-electron chi connectivity index (χ1n) is 10.4. The Labute approximate surface area is 194 Å². The van der Waals surface area contributed by atoms with Gasteiger partial charge in [-0.1, -0.05) is 0 Å². The third-order valence-corrected chi connectivity index (χ3v) is 5.36. The minimum atomic E-state index is -0.500. The average molecular weight is 464 g/mol. The molecule has 0 atom stereocenters. The van der Waals surface area contributed by atoms with Gasteiger partial charge in [-0.25, -0.2) is 19.1 Å². The molecule has 3 N–H and O–H groups in total. The Bertz CT molecular complexity index is 1390. The molecule has 0 aliphatic heterocycles. The summed E-state index contributed by atoms with van der Waals surface area (Å²) < 4.78 is 9.68. The number of carboxylic acid groups (broad SMARTS) is 1. The molecule has 0 saturated carbocycles. The van der Waals surface area contributed by atoms with Crippen LogP contribution < -0.4 is 25.0 Å². The van der Waals surface area contributed by atoms with Crippen LogP contribution in [0.15, 0.2) is 24.4 Å². The van der Waals surface area contributed by atoms with Crippen molar-refractivity contribution in [1.82, 2.24) is 19.5 Å². The Balaban J connectivity index is 0.00000103. The van der Waals surface area contributed by atoms with Crippen molar-refractivity contribution in [2.45, 2.75) is 33.5 Å². The first kappa shape index (κ1) is 24.0. The Morgan fingerprint density at radius 1 is 1.35 bits per heavy atom. The lowest BCUT2D eigenvalue weighted by Gasteiger charge is -2.16. The molecule has 0 fully saturated rings. The van der Waals surface area contributed by atoms with E-state index < -0.39 is 6.47 Å². The van der Waals surface area contributed by atoms with Crippen molar-refractivity contribution in [3.63, 3.8) is 0 Å². The number of nitriles is 1. The van der Waals surface area contributed by atoms with E-state index in [1.165, 1.54) is 11.1 Å². The molecule has 3 heterocycles. The van der Waals surface area contributed by atoms with E-state index in [4.69, 9.17) is 20.4 Å². The van der Waals surface area contributed by atoms with Gasteiger partial charge >= 0.3 is 0 Å².